The van der Waals surface area contributed by atoms with Gasteiger partial charge in [0.2, 0.25) is 5.91 Å². The summed E-state index contributed by atoms with van der Waals surface area (Å²) in [5.74, 6) is 0.0467. The van der Waals surface area contributed by atoms with Gasteiger partial charge in [0.15, 0.2) is 0 Å². The lowest BCUT2D eigenvalue weighted by Gasteiger charge is -2.37. The molecule has 0 saturated carbocycles. The Labute approximate surface area is 169 Å². The Bertz CT molecular complexity index is 468. The Hall–Kier alpha value is -0.720. The van der Waals surface area contributed by atoms with Gasteiger partial charge in [0.05, 0.1) is 0 Å². The number of halogens is 3. The highest BCUT2D eigenvalue weighted by Crippen LogP contribution is 2.15. The van der Waals surface area contributed by atoms with Crippen LogP contribution in [0.4, 0.5) is 5.69 Å². The Balaban J connectivity index is 0. The molecule has 0 aliphatic carbocycles. The number of nitrogens with two attached hydrogens (primary N) is 1. The molecule has 1 saturated heterocycles. The van der Waals surface area contributed by atoms with Gasteiger partial charge in [0.1, 0.15) is 0 Å². The third kappa shape index (κ3) is 9.52. The fourth-order valence-electron chi connectivity index (χ4n) is 2.89. The summed E-state index contributed by atoms with van der Waals surface area (Å²) in [6.07, 6.45) is 0.395. The summed E-state index contributed by atoms with van der Waals surface area (Å²) in [4.78, 5) is 16.6. The van der Waals surface area contributed by atoms with E-state index in [9.17, 15) is 4.79 Å². The molecule has 1 aliphatic rings. The molecule has 1 aliphatic heterocycles. The van der Waals surface area contributed by atoms with Crippen molar-refractivity contribution in [1.82, 2.24) is 10.2 Å². The Morgan fingerprint density at radius 2 is 1.64 bits per heavy atom. The number of piperazine rings is 1. The molecule has 3 N–H and O–H groups in total. The zero-order valence-corrected chi connectivity index (χ0v) is 17.3. The van der Waals surface area contributed by atoms with E-state index in [1.807, 2.05) is 13.0 Å². The smallest absolute Gasteiger partial charge is 0.221 e. The third-order valence-corrected chi connectivity index (χ3v) is 3.94. The molecule has 0 radical (unpaired) electrons. The molecule has 1 fully saturated rings. The van der Waals surface area contributed by atoms with Gasteiger partial charge in [-0.1, -0.05) is 18.2 Å². The van der Waals surface area contributed by atoms with Crippen LogP contribution in [0.15, 0.2) is 30.3 Å². The highest BCUT2D eigenvalue weighted by molar-refractivity contribution is 5.86. The molecular formula is C17H31Cl3N4O. The third-order valence-electron chi connectivity index (χ3n) is 3.94. The highest BCUT2D eigenvalue weighted by Gasteiger charge is 2.19. The van der Waals surface area contributed by atoms with Crippen molar-refractivity contribution < 1.29 is 4.79 Å². The molecular weight excluding hydrogens is 383 g/mol. The van der Waals surface area contributed by atoms with Crippen LogP contribution < -0.4 is 16.0 Å². The van der Waals surface area contributed by atoms with Crippen LogP contribution in [0.5, 0.6) is 0 Å². The number of benzene rings is 1. The summed E-state index contributed by atoms with van der Waals surface area (Å²) in [5.41, 5.74) is 6.94. The SMILES string of the molecule is CC(N)CC(=O)NC(C)CN1CCN(c2ccccc2)CC1.Cl.Cl.Cl. The Kier molecular flexibility index (Phi) is 14.3. The number of anilines is 1. The molecule has 1 aromatic carbocycles. The van der Waals surface area contributed by atoms with Gasteiger partial charge in [-0.25, -0.2) is 0 Å². The number of hydrogen-bond acceptors (Lipinski definition) is 4. The van der Waals surface area contributed by atoms with Gasteiger partial charge in [-0.05, 0) is 26.0 Å². The second-order valence-electron chi connectivity index (χ2n) is 6.27. The first kappa shape index (κ1) is 26.5. The van der Waals surface area contributed by atoms with Crippen molar-refractivity contribution in [3.05, 3.63) is 30.3 Å². The van der Waals surface area contributed by atoms with E-state index in [4.69, 9.17) is 5.73 Å². The van der Waals surface area contributed by atoms with Crippen molar-refractivity contribution in [3.63, 3.8) is 0 Å². The van der Waals surface area contributed by atoms with Gasteiger partial charge in [0.25, 0.3) is 0 Å². The molecule has 146 valence electrons. The van der Waals surface area contributed by atoms with E-state index in [1.165, 1.54) is 5.69 Å². The molecule has 0 spiro atoms. The normalized spacial score (nSPS) is 16.5. The molecule has 2 atom stereocenters. The fraction of sp³-hybridized carbons (Fsp3) is 0.588. The predicted molar refractivity (Wildman–Crippen MR) is 113 cm³/mol. The van der Waals surface area contributed by atoms with Gasteiger partial charge in [-0.3, -0.25) is 9.69 Å². The minimum absolute atomic E-state index is 0. The van der Waals surface area contributed by atoms with E-state index in [0.717, 1.165) is 32.7 Å². The van der Waals surface area contributed by atoms with Crippen molar-refractivity contribution in [2.45, 2.75) is 32.4 Å². The summed E-state index contributed by atoms with van der Waals surface area (Å²) in [5, 5.41) is 3.03. The maximum atomic E-state index is 11.7. The van der Waals surface area contributed by atoms with Crippen LogP contribution >= 0.6 is 37.2 Å². The first-order valence-electron chi connectivity index (χ1n) is 8.12. The minimum Gasteiger partial charge on any atom is -0.369 e. The molecule has 0 aromatic heterocycles. The number of hydrogen-bond donors (Lipinski definition) is 2. The molecule has 2 rings (SSSR count). The summed E-state index contributed by atoms with van der Waals surface area (Å²) in [7, 11) is 0. The summed E-state index contributed by atoms with van der Waals surface area (Å²) in [6, 6.07) is 10.6. The fourth-order valence-corrected chi connectivity index (χ4v) is 2.89. The van der Waals surface area contributed by atoms with Gasteiger partial charge in [0, 0.05) is 56.9 Å². The van der Waals surface area contributed by atoms with Crippen LogP contribution in [0.3, 0.4) is 0 Å². The molecule has 1 aromatic rings. The maximum Gasteiger partial charge on any atom is 0.221 e. The molecule has 5 nitrogen and oxygen atoms in total. The van der Waals surface area contributed by atoms with Gasteiger partial charge in [-0.2, -0.15) is 0 Å². The van der Waals surface area contributed by atoms with Crippen molar-refractivity contribution >= 4 is 48.8 Å². The van der Waals surface area contributed by atoms with E-state index in [1.54, 1.807) is 0 Å². The van der Waals surface area contributed by atoms with Gasteiger partial charge < -0.3 is 16.0 Å². The molecule has 1 amide bonds. The first-order chi connectivity index (χ1) is 10.5. The van der Waals surface area contributed by atoms with Crippen LogP contribution in [0, 0.1) is 0 Å². The minimum atomic E-state index is -0.0818. The number of nitrogens with zero attached hydrogens (tertiary/aromatic N) is 2. The zero-order valence-electron chi connectivity index (χ0n) is 14.9. The standard InChI is InChI=1S/C17H28N4O.3ClH/c1-14(18)12-17(22)19-15(2)13-20-8-10-21(11-9-20)16-6-4-3-5-7-16;;;/h3-7,14-15H,8-13,18H2,1-2H3,(H,19,22);3*1H. The van der Waals surface area contributed by atoms with Crippen LogP contribution in [0.2, 0.25) is 0 Å². The van der Waals surface area contributed by atoms with E-state index >= 15 is 0 Å². The number of carbonyl (C=O) groups excluding carboxylic acids is 1. The van der Waals surface area contributed by atoms with E-state index in [0.29, 0.717) is 6.42 Å². The van der Waals surface area contributed by atoms with Crippen molar-refractivity contribution in [2.24, 2.45) is 5.73 Å². The van der Waals surface area contributed by atoms with Crippen molar-refractivity contribution in [1.29, 1.82) is 0 Å². The van der Waals surface area contributed by atoms with Crippen molar-refractivity contribution in [3.8, 4) is 0 Å². The lowest BCUT2D eigenvalue weighted by molar-refractivity contribution is -0.122. The first-order valence-corrected chi connectivity index (χ1v) is 8.12. The average molecular weight is 414 g/mol. The van der Waals surface area contributed by atoms with Crippen LogP contribution in [0.25, 0.3) is 0 Å². The summed E-state index contributed by atoms with van der Waals surface area (Å²) in [6.45, 7) is 8.93. The summed E-state index contributed by atoms with van der Waals surface area (Å²) >= 11 is 0. The second-order valence-corrected chi connectivity index (χ2v) is 6.27. The Morgan fingerprint density at radius 1 is 1.08 bits per heavy atom. The Morgan fingerprint density at radius 3 is 2.16 bits per heavy atom. The van der Waals surface area contributed by atoms with Crippen LogP contribution in [-0.2, 0) is 4.79 Å². The molecule has 0 bridgehead atoms. The van der Waals surface area contributed by atoms with Gasteiger partial charge >= 0.3 is 0 Å². The molecule has 1 heterocycles. The second kappa shape index (κ2) is 13.5. The topological polar surface area (TPSA) is 61.6 Å². The summed E-state index contributed by atoms with van der Waals surface area (Å²) < 4.78 is 0. The van der Waals surface area contributed by atoms with E-state index in [2.05, 4.69) is 46.3 Å². The van der Waals surface area contributed by atoms with Crippen molar-refractivity contribution in [2.75, 3.05) is 37.6 Å². The lowest BCUT2D eigenvalue weighted by Crippen LogP contribution is -2.51. The largest absolute Gasteiger partial charge is 0.369 e. The number of rotatable bonds is 6. The maximum absolute atomic E-state index is 11.7. The average Bonchev–Trinajstić information content (AvgIpc) is 2.47. The lowest BCUT2D eigenvalue weighted by atomic mass is 10.2. The number of amides is 1. The van der Waals surface area contributed by atoms with Crippen LogP contribution in [0.1, 0.15) is 20.3 Å². The molecule has 25 heavy (non-hydrogen) atoms. The van der Waals surface area contributed by atoms with E-state index < -0.39 is 0 Å². The zero-order chi connectivity index (χ0) is 15.9. The molecule has 8 heteroatoms. The monoisotopic (exact) mass is 412 g/mol. The highest BCUT2D eigenvalue weighted by atomic mass is 35.5. The number of carbonyl (C=O) groups is 1. The predicted octanol–water partition coefficient (Wildman–Crippen LogP) is 2.32. The van der Waals surface area contributed by atoms with Crippen LogP contribution in [-0.4, -0.2) is 55.6 Å². The number of para-hydroxylation sites is 1. The quantitative estimate of drug-likeness (QED) is 0.751. The molecule has 2 unspecified atom stereocenters. The number of nitrogens with one attached hydrogen (secondary N) is 1. The van der Waals surface area contributed by atoms with E-state index in [-0.39, 0.29) is 55.2 Å². The van der Waals surface area contributed by atoms with Gasteiger partial charge in [-0.15, -0.1) is 37.2 Å².